The van der Waals surface area contributed by atoms with E-state index in [1.165, 1.54) is 26.0 Å². The van der Waals surface area contributed by atoms with Crippen molar-refractivity contribution in [2.24, 2.45) is 0 Å². The average Bonchev–Trinajstić information content (AvgIpc) is 3.03. The first-order chi connectivity index (χ1) is 11.3. The van der Waals surface area contributed by atoms with Crippen LogP contribution < -0.4 is 4.72 Å². The Morgan fingerprint density at radius 2 is 1.79 bits per heavy atom. The molecular formula is C15H14FN3O4S. The summed E-state index contributed by atoms with van der Waals surface area (Å²) in [5.74, 6) is -0.190. The quantitative estimate of drug-likeness (QED) is 0.775. The first-order valence-corrected chi connectivity index (χ1v) is 8.46. The van der Waals surface area contributed by atoms with Crippen LogP contribution in [0.4, 0.5) is 10.2 Å². The number of sulfonamides is 1. The summed E-state index contributed by atoms with van der Waals surface area (Å²) in [5.41, 5.74) is 0.802. The Balaban J connectivity index is 2.00. The summed E-state index contributed by atoms with van der Waals surface area (Å²) in [5, 5.41) is 7.33. The molecule has 3 rings (SSSR count). The number of aromatic nitrogens is 2. The molecule has 2 aromatic heterocycles. The second-order valence-corrected chi connectivity index (χ2v) is 6.84. The maximum Gasteiger partial charge on any atom is 0.268 e. The van der Waals surface area contributed by atoms with E-state index in [2.05, 4.69) is 15.0 Å². The van der Waals surface area contributed by atoms with Gasteiger partial charge in [-0.2, -0.15) is 0 Å². The molecule has 0 atom stereocenters. The molecule has 24 heavy (non-hydrogen) atoms. The molecule has 0 aliphatic carbocycles. The predicted molar refractivity (Wildman–Crippen MR) is 83.4 cm³/mol. The Labute approximate surface area is 137 Å². The molecule has 2 heterocycles. The molecule has 7 nitrogen and oxygen atoms in total. The normalized spacial score (nSPS) is 11.7. The Kier molecular flexibility index (Phi) is 3.88. The fourth-order valence-corrected chi connectivity index (χ4v) is 3.75. The van der Waals surface area contributed by atoms with Crippen LogP contribution in [0.2, 0.25) is 0 Å². The number of nitrogens with one attached hydrogen (secondary N) is 1. The van der Waals surface area contributed by atoms with Gasteiger partial charge in [0, 0.05) is 5.56 Å². The predicted octanol–water partition coefficient (Wildman–Crippen LogP) is 3.19. The van der Waals surface area contributed by atoms with E-state index in [1.54, 1.807) is 19.1 Å². The Morgan fingerprint density at radius 1 is 1.08 bits per heavy atom. The molecule has 0 saturated carbocycles. The molecule has 0 fully saturated rings. The van der Waals surface area contributed by atoms with Crippen LogP contribution in [-0.4, -0.2) is 18.7 Å². The van der Waals surface area contributed by atoms with Gasteiger partial charge in [-0.25, -0.2) is 12.8 Å². The van der Waals surface area contributed by atoms with Gasteiger partial charge in [0.2, 0.25) is 0 Å². The maximum atomic E-state index is 13.9. The summed E-state index contributed by atoms with van der Waals surface area (Å²) in [6.07, 6.45) is 0. The first kappa shape index (κ1) is 16.2. The molecule has 126 valence electrons. The van der Waals surface area contributed by atoms with Gasteiger partial charge < -0.3 is 9.05 Å². The zero-order valence-corrected chi connectivity index (χ0v) is 13.9. The van der Waals surface area contributed by atoms with Crippen molar-refractivity contribution in [1.82, 2.24) is 10.3 Å². The van der Waals surface area contributed by atoms with E-state index in [4.69, 9.17) is 9.05 Å². The average molecular weight is 351 g/mol. The highest BCUT2D eigenvalue weighted by molar-refractivity contribution is 7.92. The molecule has 0 bridgehead atoms. The van der Waals surface area contributed by atoms with E-state index >= 15 is 0 Å². The van der Waals surface area contributed by atoms with Gasteiger partial charge in [0.25, 0.3) is 10.0 Å². The van der Waals surface area contributed by atoms with Crippen LogP contribution in [0.3, 0.4) is 0 Å². The van der Waals surface area contributed by atoms with E-state index in [0.717, 1.165) is 0 Å². The lowest BCUT2D eigenvalue weighted by Gasteiger charge is -2.05. The van der Waals surface area contributed by atoms with Crippen LogP contribution in [0.5, 0.6) is 0 Å². The summed E-state index contributed by atoms with van der Waals surface area (Å²) in [7, 11) is -3.96. The summed E-state index contributed by atoms with van der Waals surface area (Å²) in [6, 6.07) is 6.00. The van der Waals surface area contributed by atoms with Gasteiger partial charge in [-0.1, -0.05) is 22.4 Å². The van der Waals surface area contributed by atoms with Crippen molar-refractivity contribution in [3.05, 3.63) is 47.1 Å². The molecule has 0 aliphatic heterocycles. The molecule has 0 saturated heterocycles. The summed E-state index contributed by atoms with van der Waals surface area (Å²) < 4.78 is 51.2. The summed E-state index contributed by atoms with van der Waals surface area (Å²) in [4.78, 5) is -0.0580. The minimum atomic E-state index is -3.96. The van der Waals surface area contributed by atoms with E-state index < -0.39 is 15.8 Å². The number of aryl methyl sites for hydroxylation is 2. The Morgan fingerprint density at radius 3 is 2.42 bits per heavy atom. The van der Waals surface area contributed by atoms with Gasteiger partial charge in [-0.3, -0.25) is 4.72 Å². The molecule has 0 spiro atoms. The highest BCUT2D eigenvalue weighted by Gasteiger charge is 2.27. The van der Waals surface area contributed by atoms with Crippen LogP contribution >= 0.6 is 0 Å². The number of halogens is 1. The van der Waals surface area contributed by atoms with Crippen molar-refractivity contribution < 1.29 is 21.9 Å². The number of nitrogens with zero attached hydrogens (tertiary/aromatic N) is 2. The minimum absolute atomic E-state index is 0.0201. The van der Waals surface area contributed by atoms with Crippen LogP contribution in [-0.2, 0) is 10.0 Å². The smallest absolute Gasteiger partial charge is 0.268 e. The Bertz CT molecular complexity index is 988. The fraction of sp³-hybridized carbons (Fsp3) is 0.200. The maximum absolute atomic E-state index is 13.9. The second-order valence-electron chi connectivity index (χ2n) is 5.22. The van der Waals surface area contributed by atoms with E-state index in [1.807, 2.05) is 0 Å². The number of benzene rings is 1. The van der Waals surface area contributed by atoms with Crippen molar-refractivity contribution in [3.8, 4) is 11.3 Å². The molecule has 0 aliphatic rings. The number of anilines is 1. The van der Waals surface area contributed by atoms with Crippen LogP contribution in [0.25, 0.3) is 11.3 Å². The van der Waals surface area contributed by atoms with Crippen LogP contribution in [0.1, 0.15) is 17.0 Å². The number of hydrogen-bond acceptors (Lipinski definition) is 6. The summed E-state index contributed by atoms with van der Waals surface area (Å²) >= 11 is 0. The van der Waals surface area contributed by atoms with Crippen molar-refractivity contribution >= 4 is 15.8 Å². The lowest BCUT2D eigenvalue weighted by Crippen LogP contribution is -2.15. The highest BCUT2D eigenvalue weighted by atomic mass is 32.2. The SMILES string of the molecule is Cc1noc(C)c1S(=O)(=O)Nc1noc(-c2ccccc2F)c1C. The third-order valence-corrected chi connectivity index (χ3v) is 5.09. The van der Waals surface area contributed by atoms with Gasteiger partial charge in [-0.15, -0.1) is 0 Å². The van der Waals surface area contributed by atoms with Crippen LogP contribution in [0.15, 0.2) is 38.2 Å². The lowest BCUT2D eigenvalue weighted by molar-refractivity contribution is 0.390. The van der Waals surface area contributed by atoms with E-state index in [0.29, 0.717) is 5.56 Å². The molecule has 9 heteroatoms. The largest absolute Gasteiger partial charge is 0.360 e. The zero-order valence-electron chi connectivity index (χ0n) is 13.1. The van der Waals surface area contributed by atoms with E-state index in [9.17, 15) is 12.8 Å². The first-order valence-electron chi connectivity index (χ1n) is 6.98. The van der Waals surface area contributed by atoms with Crippen molar-refractivity contribution in [2.75, 3.05) is 4.72 Å². The third kappa shape index (κ3) is 2.67. The molecule has 3 aromatic rings. The molecule has 1 aromatic carbocycles. The zero-order chi connectivity index (χ0) is 17.5. The van der Waals surface area contributed by atoms with Crippen molar-refractivity contribution in [2.45, 2.75) is 25.7 Å². The standard InChI is InChI=1S/C15H14FN3O4S/c1-8-13(11-6-4-5-7-12(11)16)23-18-15(8)19-24(20,21)14-9(2)17-22-10(14)3/h4-7H,1-3H3,(H,18,19). The molecule has 0 unspecified atom stereocenters. The van der Waals surface area contributed by atoms with Crippen LogP contribution in [0, 0.1) is 26.6 Å². The monoisotopic (exact) mass is 351 g/mol. The highest BCUT2D eigenvalue weighted by Crippen LogP contribution is 2.31. The molecule has 1 N–H and O–H groups in total. The molecule has 0 radical (unpaired) electrons. The second kappa shape index (κ2) is 5.75. The lowest BCUT2D eigenvalue weighted by atomic mass is 10.1. The topological polar surface area (TPSA) is 98.2 Å². The minimum Gasteiger partial charge on any atom is -0.360 e. The number of rotatable bonds is 4. The number of hydrogen-bond donors (Lipinski definition) is 1. The van der Waals surface area contributed by atoms with Crippen molar-refractivity contribution in [1.29, 1.82) is 0 Å². The van der Waals surface area contributed by atoms with E-state index in [-0.39, 0.29) is 33.5 Å². The van der Waals surface area contributed by atoms with Crippen molar-refractivity contribution in [3.63, 3.8) is 0 Å². The fourth-order valence-electron chi connectivity index (χ4n) is 2.36. The Hall–Kier alpha value is -2.68. The van der Waals surface area contributed by atoms with Gasteiger partial charge >= 0.3 is 0 Å². The molecular weight excluding hydrogens is 337 g/mol. The third-order valence-electron chi connectivity index (χ3n) is 3.51. The summed E-state index contributed by atoms with van der Waals surface area (Å²) in [6.45, 7) is 4.60. The molecule has 0 amide bonds. The van der Waals surface area contributed by atoms with Gasteiger partial charge in [0.15, 0.2) is 22.2 Å². The van der Waals surface area contributed by atoms with Gasteiger partial charge in [0.05, 0.1) is 5.56 Å². The van der Waals surface area contributed by atoms with Gasteiger partial charge in [-0.05, 0) is 32.9 Å². The van der Waals surface area contributed by atoms with Gasteiger partial charge in [0.1, 0.15) is 11.5 Å².